The number of aliphatic hydroxyl groups excluding tert-OH is 1. The van der Waals surface area contributed by atoms with E-state index in [0.717, 1.165) is 18.7 Å². The first kappa shape index (κ1) is 15.5. The first-order valence-corrected chi connectivity index (χ1v) is 7.93. The molecule has 1 aromatic rings. The number of rotatable bonds is 2. The van der Waals surface area contributed by atoms with Gasteiger partial charge in [-0.05, 0) is 0 Å². The van der Waals surface area contributed by atoms with Crippen LogP contribution in [0.4, 0.5) is 0 Å². The molecule has 23 heavy (non-hydrogen) atoms. The highest BCUT2D eigenvalue weighted by Gasteiger charge is 2.59. The summed E-state index contributed by atoms with van der Waals surface area (Å²) >= 11 is 0. The smallest absolute Gasteiger partial charge is 0.192 e. The zero-order valence-electron chi connectivity index (χ0n) is 13.0. The molecule has 1 aromatic carbocycles. The lowest BCUT2D eigenvalue weighted by atomic mass is 9.90. The summed E-state index contributed by atoms with van der Waals surface area (Å²) in [4.78, 5) is 0. The van der Waals surface area contributed by atoms with Gasteiger partial charge in [0.25, 0.3) is 0 Å². The molecular formula is C16H22N2O5. The summed E-state index contributed by atoms with van der Waals surface area (Å²) < 4.78 is 23.2. The van der Waals surface area contributed by atoms with Crippen molar-refractivity contribution < 1.29 is 24.1 Å². The standard InChI is InChI=1S/C16H22N2O5/c1-20-15-16(17-7-8-18-16)13(19)12-11(22-15)9-21-14(23-12)10-5-3-2-4-6-10/h2-6,11-15,17-19H,7-9H2,1H3/t11-,12-,13+,14?,15-/m1/s1. The van der Waals surface area contributed by atoms with Gasteiger partial charge in [0.1, 0.15) is 18.3 Å². The van der Waals surface area contributed by atoms with E-state index in [9.17, 15) is 5.11 Å². The lowest BCUT2D eigenvalue weighted by Crippen LogP contribution is -2.76. The van der Waals surface area contributed by atoms with Crippen LogP contribution in [0.25, 0.3) is 0 Å². The number of hydrogen-bond donors (Lipinski definition) is 3. The predicted octanol–water partition coefficient (Wildman–Crippen LogP) is -0.278. The molecule has 7 heteroatoms. The molecule has 1 spiro atoms. The van der Waals surface area contributed by atoms with E-state index in [1.54, 1.807) is 7.11 Å². The van der Waals surface area contributed by atoms with E-state index in [1.807, 2.05) is 30.3 Å². The molecule has 3 fully saturated rings. The van der Waals surface area contributed by atoms with Crippen LogP contribution in [0.15, 0.2) is 30.3 Å². The molecule has 0 saturated carbocycles. The molecule has 126 valence electrons. The highest BCUT2D eigenvalue weighted by Crippen LogP contribution is 2.38. The van der Waals surface area contributed by atoms with E-state index < -0.39 is 30.5 Å². The fourth-order valence-electron chi connectivity index (χ4n) is 3.61. The third-order valence-electron chi connectivity index (χ3n) is 4.75. The van der Waals surface area contributed by atoms with E-state index in [2.05, 4.69) is 10.6 Å². The Kier molecular flexibility index (Phi) is 4.10. The van der Waals surface area contributed by atoms with Gasteiger partial charge in [-0.3, -0.25) is 10.6 Å². The van der Waals surface area contributed by atoms with E-state index >= 15 is 0 Å². The van der Waals surface area contributed by atoms with Crippen LogP contribution in [0, 0.1) is 0 Å². The predicted molar refractivity (Wildman–Crippen MR) is 80.4 cm³/mol. The van der Waals surface area contributed by atoms with Gasteiger partial charge in [0.05, 0.1) is 6.61 Å². The van der Waals surface area contributed by atoms with Gasteiger partial charge in [-0.2, -0.15) is 0 Å². The van der Waals surface area contributed by atoms with E-state index in [4.69, 9.17) is 18.9 Å². The second kappa shape index (κ2) is 6.10. The second-order valence-electron chi connectivity index (χ2n) is 6.09. The molecule has 3 N–H and O–H groups in total. The van der Waals surface area contributed by atoms with Gasteiger partial charge in [0.2, 0.25) is 0 Å². The Bertz CT molecular complexity index is 537. The van der Waals surface area contributed by atoms with Crippen molar-refractivity contribution in [1.82, 2.24) is 10.6 Å². The Morgan fingerprint density at radius 3 is 2.61 bits per heavy atom. The number of fused-ring (bicyclic) bond motifs is 1. The number of nitrogens with one attached hydrogen (secondary N) is 2. The van der Waals surface area contributed by atoms with Crippen molar-refractivity contribution in [2.75, 3.05) is 26.8 Å². The molecule has 0 bridgehead atoms. The largest absolute Gasteiger partial charge is 0.387 e. The number of benzene rings is 1. The highest BCUT2D eigenvalue weighted by atomic mass is 16.7. The van der Waals surface area contributed by atoms with E-state index in [0.29, 0.717) is 6.61 Å². The van der Waals surface area contributed by atoms with Crippen molar-refractivity contribution in [3.8, 4) is 0 Å². The normalized spacial score (nSPS) is 39.3. The molecule has 0 amide bonds. The monoisotopic (exact) mass is 322 g/mol. The molecule has 1 unspecified atom stereocenters. The number of ether oxygens (including phenoxy) is 4. The number of hydrogen-bond acceptors (Lipinski definition) is 7. The maximum absolute atomic E-state index is 11.0. The molecule has 3 heterocycles. The molecule has 5 atom stereocenters. The molecule has 3 aliphatic rings. The zero-order chi connectivity index (χ0) is 15.9. The van der Waals surface area contributed by atoms with Gasteiger partial charge in [0.15, 0.2) is 18.2 Å². The number of methoxy groups -OCH3 is 1. The minimum Gasteiger partial charge on any atom is -0.387 e. The SMILES string of the molecule is CO[C@@H]1O[C@@H]2COC(c3ccccc3)O[C@H]2[C@H](O)C12NCCN2. The Balaban J connectivity index is 1.58. The van der Waals surface area contributed by atoms with Gasteiger partial charge in [-0.1, -0.05) is 30.3 Å². The van der Waals surface area contributed by atoms with Crippen LogP contribution < -0.4 is 10.6 Å². The molecule has 0 aromatic heterocycles. The summed E-state index contributed by atoms with van der Waals surface area (Å²) in [6.45, 7) is 1.81. The van der Waals surface area contributed by atoms with Gasteiger partial charge in [-0.25, -0.2) is 0 Å². The Morgan fingerprint density at radius 2 is 1.91 bits per heavy atom. The van der Waals surface area contributed by atoms with Gasteiger partial charge in [0, 0.05) is 25.8 Å². The summed E-state index contributed by atoms with van der Waals surface area (Å²) in [5, 5.41) is 17.5. The van der Waals surface area contributed by atoms with Gasteiger partial charge in [-0.15, -0.1) is 0 Å². The highest BCUT2D eigenvalue weighted by molar-refractivity contribution is 5.17. The summed E-state index contributed by atoms with van der Waals surface area (Å²) in [6.07, 6.45) is -2.80. The van der Waals surface area contributed by atoms with Crippen molar-refractivity contribution in [2.45, 2.75) is 36.6 Å². The zero-order valence-corrected chi connectivity index (χ0v) is 13.0. The molecular weight excluding hydrogens is 300 g/mol. The Morgan fingerprint density at radius 1 is 1.17 bits per heavy atom. The fraction of sp³-hybridized carbons (Fsp3) is 0.625. The maximum Gasteiger partial charge on any atom is 0.192 e. The fourth-order valence-corrected chi connectivity index (χ4v) is 3.61. The lowest BCUT2D eigenvalue weighted by molar-refractivity contribution is -0.359. The molecule has 7 nitrogen and oxygen atoms in total. The van der Waals surface area contributed by atoms with E-state index in [1.165, 1.54) is 0 Å². The van der Waals surface area contributed by atoms with Crippen molar-refractivity contribution >= 4 is 0 Å². The Labute approximate surface area is 134 Å². The summed E-state index contributed by atoms with van der Waals surface area (Å²) in [5.41, 5.74) is 0.0718. The minimum atomic E-state index is -0.853. The molecule has 0 radical (unpaired) electrons. The van der Waals surface area contributed by atoms with Gasteiger partial charge < -0.3 is 24.1 Å². The maximum atomic E-state index is 11.0. The van der Waals surface area contributed by atoms with Crippen LogP contribution >= 0.6 is 0 Å². The third kappa shape index (κ3) is 2.49. The first-order chi connectivity index (χ1) is 11.2. The molecule has 3 aliphatic heterocycles. The van der Waals surface area contributed by atoms with E-state index in [-0.39, 0.29) is 6.10 Å². The molecule has 3 saturated heterocycles. The third-order valence-corrected chi connectivity index (χ3v) is 4.75. The molecule has 0 aliphatic carbocycles. The average molecular weight is 322 g/mol. The van der Waals surface area contributed by atoms with Crippen LogP contribution in [0.1, 0.15) is 11.9 Å². The summed E-state index contributed by atoms with van der Waals surface area (Å²) in [6, 6.07) is 9.70. The summed E-state index contributed by atoms with van der Waals surface area (Å²) in [5.74, 6) is 0. The van der Waals surface area contributed by atoms with Crippen molar-refractivity contribution in [1.29, 1.82) is 0 Å². The Hall–Kier alpha value is -1.06. The topological polar surface area (TPSA) is 81.2 Å². The van der Waals surface area contributed by atoms with Crippen molar-refractivity contribution in [3.05, 3.63) is 35.9 Å². The quantitative estimate of drug-likeness (QED) is 0.691. The van der Waals surface area contributed by atoms with Crippen LogP contribution in [0.2, 0.25) is 0 Å². The van der Waals surface area contributed by atoms with Crippen LogP contribution in [0.3, 0.4) is 0 Å². The van der Waals surface area contributed by atoms with Crippen LogP contribution in [-0.2, 0) is 18.9 Å². The minimum absolute atomic E-state index is 0.344. The van der Waals surface area contributed by atoms with Crippen molar-refractivity contribution in [2.24, 2.45) is 0 Å². The average Bonchev–Trinajstić information content (AvgIpc) is 3.09. The van der Waals surface area contributed by atoms with Crippen molar-refractivity contribution in [3.63, 3.8) is 0 Å². The van der Waals surface area contributed by atoms with Crippen LogP contribution in [-0.4, -0.2) is 62.2 Å². The molecule has 4 rings (SSSR count). The first-order valence-electron chi connectivity index (χ1n) is 7.93. The lowest BCUT2D eigenvalue weighted by Gasteiger charge is -2.52. The van der Waals surface area contributed by atoms with Crippen LogP contribution in [0.5, 0.6) is 0 Å². The van der Waals surface area contributed by atoms with Gasteiger partial charge >= 0.3 is 0 Å². The second-order valence-corrected chi connectivity index (χ2v) is 6.09. The summed E-state index contributed by atoms with van der Waals surface area (Å²) in [7, 11) is 1.57. The number of aliphatic hydroxyl groups is 1.